The van der Waals surface area contributed by atoms with Gasteiger partial charge in [-0.25, -0.2) is 4.39 Å². The van der Waals surface area contributed by atoms with Gasteiger partial charge in [0.2, 0.25) is 0 Å². The molecule has 0 atom stereocenters. The third kappa shape index (κ3) is 3.95. The predicted octanol–water partition coefficient (Wildman–Crippen LogP) is 4.66. The molecule has 2 rings (SSSR count). The van der Waals surface area contributed by atoms with Crippen LogP contribution in [0.4, 0.5) is 17.6 Å². The second-order valence-corrected chi connectivity index (χ2v) is 5.35. The van der Waals surface area contributed by atoms with Crippen molar-refractivity contribution in [2.45, 2.75) is 57.3 Å². The van der Waals surface area contributed by atoms with Crippen LogP contribution in [0.2, 0.25) is 0 Å². The molecule has 0 spiro atoms. The van der Waals surface area contributed by atoms with Crippen LogP contribution in [0.15, 0.2) is 18.2 Å². The van der Waals surface area contributed by atoms with Crippen LogP contribution in [0.5, 0.6) is 0 Å². The minimum Gasteiger partial charge on any atom is -0.310 e. The molecule has 1 aliphatic carbocycles. The highest BCUT2D eigenvalue weighted by molar-refractivity contribution is 5.28. The summed E-state index contributed by atoms with van der Waals surface area (Å²) in [4.78, 5) is 0. The molecular formula is C15H19F4N. The van der Waals surface area contributed by atoms with Gasteiger partial charge in [0.25, 0.3) is 0 Å². The van der Waals surface area contributed by atoms with E-state index in [2.05, 4.69) is 5.32 Å². The normalized spacial score (nSPS) is 18.0. The van der Waals surface area contributed by atoms with E-state index in [-0.39, 0.29) is 18.2 Å². The Morgan fingerprint density at radius 3 is 2.30 bits per heavy atom. The number of alkyl halides is 3. The monoisotopic (exact) mass is 289 g/mol. The molecule has 1 aliphatic rings. The molecule has 0 aliphatic heterocycles. The number of nitrogens with one attached hydrogen (secondary N) is 1. The Labute approximate surface area is 116 Å². The molecule has 0 radical (unpaired) electrons. The minimum atomic E-state index is -4.64. The van der Waals surface area contributed by atoms with Gasteiger partial charge in [0.15, 0.2) is 0 Å². The fourth-order valence-electron chi connectivity index (χ4n) is 2.67. The second-order valence-electron chi connectivity index (χ2n) is 5.35. The first-order chi connectivity index (χ1) is 9.48. The van der Waals surface area contributed by atoms with E-state index < -0.39 is 17.6 Å². The van der Waals surface area contributed by atoms with Crippen LogP contribution in [0.3, 0.4) is 0 Å². The van der Waals surface area contributed by atoms with E-state index in [9.17, 15) is 17.6 Å². The standard InChI is InChI=1S/C15H19F4N/c16-14-11(6-5-9-13(14)15(17,18)19)10-20-12-7-3-1-2-4-8-12/h5-6,9,12,20H,1-4,7-8,10H2. The smallest absolute Gasteiger partial charge is 0.310 e. The molecule has 0 aromatic heterocycles. The average molecular weight is 289 g/mol. The highest BCUT2D eigenvalue weighted by Crippen LogP contribution is 2.32. The van der Waals surface area contributed by atoms with Gasteiger partial charge in [0.1, 0.15) is 5.82 Å². The van der Waals surface area contributed by atoms with Gasteiger partial charge in [0.05, 0.1) is 5.56 Å². The zero-order chi connectivity index (χ0) is 14.6. The maximum Gasteiger partial charge on any atom is 0.419 e. The lowest BCUT2D eigenvalue weighted by Crippen LogP contribution is -2.28. The van der Waals surface area contributed by atoms with Crippen LogP contribution in [-0.2, 0) is 12.7 Å². The lowest BCUT2D eigenvalue weighted by molar-refractivity contribution is -0.140. The highest BCUT2D eigenvalue weighted by Gasteiger charge is 2.34. The van der Waals surface area contributed by atoms with Crippen molar-refractivity contribution in [2.75, 3.05) is 0 Å². The Morgan fingerprint density at radius 1 is 1.05 bits per heavy atom. The first-order valence-electron chi connectivity index (χ1n) is 7.06. The van der Waals surface area contributed by atoms with E-state index in [1.54, 1.807) is 0 Å². The van der Waals surface area contributed by atoms with Crippen molar-refractivity contribution in [2.24, 2.45) is 0 Å². The van der Waals surface area contributed by atoms with Gasteiger partial charge in [-0.15, -0.1) is 0 Å². The van der Waals surface area contributed by atoms with Crippen LogP contribution in [-0.4, -0.2) is 6.04 Å². The van der Waals surface area contributed by atoms with E-state index in [0.29, 0.717) is 0 Å². The fraction of sp³-hybridized carbons (Fsp3) is 0.600. The summed E-state index contributed by atoms with van der Waals surface area (Å²) < 4.78 is 51.7. The molecule has 1 nitrogen and oxygen atoms in total. The summed E-state index contributed by atoms with van der Waals surface area (Å²) >= 11 is 0. The lowest BCUT2D eigenvalue weighted by atomic mass is 10.1. The van der Waals surface area contributed by atoms with Crippen molar-refractivity contribution in [1.29, 1.82) is 0 Å². The summed E-state index contributed by atoms with van der Waals surface area (Å²) in [6, 6.07) is 3.74. The Bertz CT molecular complexity index is 434. The number of rotatable bonds is 3. The van der Waals surface area contributed by atoms with Crippen molar-refractivity contribution < 1.29 is 17.6 Å². The fourth-order valence-corrected chi connectivity index (χ4v) is 2.67. The van der Waals surface area contributed by atoms with E-state index in [0.717, 1.165) is 31.7 Å². The first-order valence-corrected chi connectivity index (χ1v) is 7.06. The molecular weight excluding hydrogens is 270 g/mol. The van der Waals surface area contributed by atoms with Crippen LogP contribution >= 0.6 is 0 Å². The zero-order valence-corrected chi connectivity index (χ0v) is 11.3. The van der Waals surface area contributed by atoms with Crippen molar-refractivity contribution in [3.05, 3.63) is 35.1 Å². The molecule has 1 aromatic carbocycles. The quantitative estimate of drug-likeness (QED) is 0.630. The lowest BCUT2D eigenvalue weighted by Gasteiger charge is -2.17. The highest BCUT2D eigenvalue weighted by atomic mass is 19.4. The molecule has 0 unspecified atom stereocenters. The number of benzene rings is 1. The SMILES string of the molecule is Fc1c(CNC2CCCCCC2)cccc1C(F)(F)F. The van der Waals surface area contributed by atoms with Gasteiger partial charge < -0.3 is 5.32 Å². The van der Waals surface area contributed by atoms with Gasteiger partial charge in [-0.1, -0.05) is 37.8 Å². The molecule has 0 heterocycles. The van der Waals surface area contributed by atoms with Crippen LogP contribution < -0.4 is 5.32 Å². The van der Waals surface area contributed by atoms with Gasteiger partial charge in [-0.3, -0.25) is 0 Å². The maximum absolute atomic E-state index is 13.8. The molecule has 0 saturated heterocycles. The Kier molecular flexibility index (Phi) is 5.02. The van der Waals surface area contributed by atoms with E-state index >= 15 is 0 Å². The second kappa shape index (κ2) is 6.57. The van der Waals surface area contributed by atoms with Crippen LogP contribution in [0.1, 0.15) is 49.7 Å². The van der Waals surface area contributed by atoms with Gasteiger partial charge in [-0.05, 0) is 18.9 Å². The van der Waals surface area contributed by atoms with Gasteiger partial charge >= 0.3 is 6.18 Å². The maximum atomic E-state index is 13.8. The van der Waals surface area contributed by atoms with Gasteiger partial charge in [-0.2, -0.15) is 13.2 Å². The van der Waals surface area contributed by atoms with Crippen molar-refractivity contribution >= 4 is 0 Å². The van der Waals surface area contributed by atoms with Crippen LogP contribution in [0, 0.1) is 5.82 Å². The summed E-state index contributed by atoms with van der Waals surface area (Å²) in [6.45, 7) is 0.153. The third-order valence-electron chi connectivity index (χ3n) is 3.82. The topological polar surface area (TPSA) is 12.0 Å². The molecule has 1 aromatic rings. The summed E-state index contributed by atoms with van der Waals surface area (Å²) in [5.41, 5.74) is -1.10. The molecule has 0 amide bonds. The van der Waals surface area contributed by atoms with E-state index in [4.69, 9.17) is 0 Å². The van der Waals surface area contributed by atoms with Crippen molar-refractivity contribution in [3.8, 4) is 0 Å². The van der Waals surface area contributed by atoms with Crippen molar-refractivity contribution in [1.82, 2.24) is 5.32 Å². The molecule has 20 heavy (non-hydrogen) atoms. The number of halogens is 4. The third-order valence-corrected chi connectivity index (χ3v) is 3.82. The predicted molar refractivity (Wildman–Crippen MR) is 69.7 cm³/mol. The molecule has 112 valence electrons. The Morgan fingerprint density at radius 2 is 1.70 bits per heavy atom. The summed E-state index contributed by atoms with van der Waals surface area (Å²) in [5.74, 6) is -1.15. The summed E-state index contributed by atoms with van der Waals surface area (Å²) in [7, 11) is 0. The zero-order valence-electron chi connectivity index (χ0n) is 11.3. The Hall–Kier alpha value is -1.10. The molecule has 5 heteroatoms. The summed E-state index contributed by atoms with van der Waals surface area (Å²) in [6.07, 6.45) is 2.06. The largest absolute Gasteiger partial charge is 0.419 e. The van der Waals surface area contributed by atoms with E-state index in [1.807, 2.05) is 0 Å². The average Bonchev–Trinajstić information content (AvgIpc) is 2.64. The minimum absolute atomic E-state index is 0.0871. The molecule has 0 bridgehead atoms. The molecule has 1 saturated carbocycles. The number of hydrogen-bond acceptors (Lipinski definition) is 1. The van der Waals surface area contributed by atoms with Crippen LogP contribution in [0.25, 0.3) is 0 Å². The Balaban J connectivity index is 2.02. The first kappa shape index (κ1) is 15.3. The molecule has 1 N–H and O–H groups in total. The molecule has 1 fully saturated rings. The summed E-state index contributed by atoms with van der Waals surface area (Å²) in [5, 5.41) is 3.19. The van der Waals surface area contributed by atoms with E-state index in [1.165, 1.54) is 25.0 Å². The van der Waals surface area contributed by atoms with Crippen molar-refractivity contribution in [3.63, 3.8) is 0 Å². The number of hydrogen-bond donors (Lipinski definition) is 1. The van der Waals surface area contributed by atoms with Gasteiger partial charge in [0, 0.05) is 18.2 Å².